The molecule has 2 fully saturated rings. The third-order valence-corrected chi connectivity index (χ3v) is 6.52. The minimum absolute atomic E-state index is 0.240. The van der Waals surface area contributed by atoms with Crippen LogP contribution in [0.1, 0.15) is 44.1 Å². The number of anilines is 1. The largest absolute Gasteiger partial charge is 0.379 e. The van der Waals surface area contributed by atoms with Gasteiger partial charge >= 0.3 is 0 Å². The van der Waals surface area contributed by atoms with Crippen LogP contribution in [0.25, 0.3) is 0 Å². The van der Waals surface area contributed by atoms with Crippen molar-refractivity contribution in [2.45, 2.75) is 56.7 Å². The molecule has 1 aliphatic carbocycles. The first-order chi connectivity index (χ1) is 11.6. The van der Waals surface area contributed by atoms with Gasteiger partial charge in [0, 0.05) is 31.1 Å². The van der Waals surface area contributed by atoms with E-state index in [4.69, 9.17) is 0 Å². The highest BCUT2D eigenvalue weighted by Crippen LogP contribution is 2.28. The topological polar surface area (TPSA) is 52.6 Å². The highest BCUT2D eigenvalue weighted by Gasteiger charge is 2.39. The maximum atomic E-state index is 12.1. The molecule has 1 aromatic carbocycles. The van der Waals surface area contributed by atoms with Gasteiger partial charge in [0.05, 0.1) is 0 Å². The van der Waals surface area contributed by atoms with Crippen molar-refractivity contribution in [2.24, 2.45) is 0 Å². The van der Waals surface area contributed by atoms with Gasteiger partial charge in [-0.05, 0) is 42.7 Å². The van der Waals surface area contributed by atoms with Crippen molar-refractivity contribution in [1.82, 2.24) is 5.32 Å². The molecule has 2 aliphatic rings. The summed E-state index contributed by atoms with van der Waals surface area (Å²) in [5.41, 5.74) is 1.13. The molecule has 0 radical (unpaired) electrons. The van der Waals surface area contributed by atoms with Crippen LogP contribution in [0.3, 0.4) is 0 Å². The van der Waals surface area contributed by atoms with E-state index in [9.17, 15) is 9.90 Å². The van der Waals surface area contributed by atoms with Crippen LogP contribution < -0.4 is 10.2 Å². The number of carbonyl (C=O) groups excluding carboxylic acids is 1. The third kappa shape index (κ3) is 4.06. The number of aliphatic hydroxyl groups is 1. The van der Waals surface area contributed by atoms with Crippen LogP contribution in [0.15, 0.2) is 24.3 Å². The molecule has 5 heteroatoms. The molecule has 4 nitrogen and oxygen atoms in total. The van der Waals surface area contributed by atoms with E-state index in [1.807, 2.05) is 0 Å². The predicted octanol–water partition coefficient (Wildman–Crippen LogP) is 2.94. The lowest BCUT2D eigenvalue weighted by Crippen LogP contribution is -2.46. The van der Waals surface area contributed by atoms with Gasteiger partial charge in [-0.2, -0.15) is 11.8 Å². The normalized spacial score (nSPS) is 24.8. The van der Waals surface area contributed by atoms with Crippen molar-refractivity contribution in [3.8, 4) is 0 Å². The zero-order valence-corrected chi connectivity index (χ0v) is 15.3. The van der Waals surface area contributed by atoms with Crippen LogP contribution in [0.5, 0.6) is 0 Å². The Kier molecular flexibility index (Phi) is 5.72. The van der Waals surface area contributed by atoms with Crippen molar-refractivity contribution in [2.75, 3.05) is 23.5 Å². The van der Waals surface area contributed by atoms with Gasteiger partial charge in [0.15, 0.2) is 5.60 Å². The van der Waals surface area contributed by atoms with E-state index >= 15 is 0 Å². The summed E-state index contributed by atoms with van der Waals surface area (Å²) in [6.45, 7) is 0.471. The number of carbonyl (C=O) groups is 1. The zero-order valence-electron chi connectivity index (χ0n) is 14.5. The number of rotatable bonds is 5. The van der Waals surface area contributed by atoms with Crippen molar-refractivity contribution in [1.29, 1.82) is 0 Å². The summed E-state index contributed by atoms with van der Waals surface area (Å²) in [5, 5.41) is 13.1. The number of nitrogens with zero attached hydrogens (tertiary/aromatic N) is 1. The molecule has 1 atom stereocenters. The first-order valence-corrected chi connectivity index (χ1v) is 10.1. The Morgan fingerprint density at radius 3 is 2.62 bits per heavy atom. The van der Waals surface area contributed by atoms with Crippen LogP contribution in [0.2, 0.25) is 0 Å². The molecular weight excluding hydrogens is 320 g/mol. The van der Waals surface area contributed by atoms with Crippen molar-refractivity contribution >= 4 is 23.4 Å². The monoisotopic (exact) mass is 348 g/mol. The van der Waals surface area contributed by atoms with Crippen LogP contribution in [0.4, 0.5) is 5.69 Å². The van der Waals surface area contributed by atoms with Crippen molar-refractivity contribution < 1.29 is 9.90 Å². The summed E-state index contributed by atoms with van der Waals surface area (Å²) in [5.74, 6) is 1.12. The molecule has 2 N–H and O–H groups in total. The smallest absolute Gasteiger partial charge is 0.253 e. The molecule has 1 amide bonds. The van der Waals surface area contributed by atoms with Gasteiger partial charge in [0.2, 0.25) is 0 Å². The Balaban J connectivity index is 1.53. The second kappa shape index (κ2) is 7.79. The first-order valence-electron chi connectivity index (χ1n) is 8.99. The minimum Gasteiger partial charge on any atom is -0.379 e. The maximum Gasteiger partial charge on any atom is 0.253 e. The Hall–Kier alpha value is -1.20. The van der Waals surface area contributed by atoms with E-state index in [0.29, 0.717) is 24.8 Å². The summed E-state index contributed by atoms with van der Waals surface area (Å²) >= 11 is 1.63. The molecule has 1 aliphatic heterocycles. The van der Waals surface area contributed by atoms with E-state index in [-0.39, 0.29) is 5.91 Å². The lowest BCUT2D eigenvalue weighted by molar-refractivity contribution is -0.137. The lowest BCUT2D eigenvalue weighted by Gasteiger charge is -2.33. The summed E-state index contributed by atoms with van der Waals surface area (Å²) in [4.78, 5) is 14.5. The van der Waals surface area contributed by atoms with Crippen molar-refractivity contribution in [3.05, 3.63) is 29.8 Å². The molecule has 1 heterocycles. The minimum atomic E-state index is -1.17. The highest BCUT2D eigenvalue weighted by molar-refractivity contribution is 7.99. The van der Waals surface area contributed by atoms with Gasteiger partial charge in [0.25, 0.3) is 5.91 Å². The van der Waals surface area contributed by atoms with Gasteiger partial charge in [-0.1, -0.05) is 31.4 Å². The van der Waals surface area contributed by atoms with E-state index in [0.717, 1.165) is 11.3 Å². The molecule has 132 valence electrons. The van der Waals surface area contributed by atoms with Crippen LogP contribution in [0, 0.1) is 0 Å². The standard InChI is InChI=1S/C19H28N2O2S/c1-21(16-5-3-2-4-6-16)17-9-7-15(8-10-17)13-20-18(22)19(23)11-12-24-14-19/h7-10,16,23H,2-6,11-14H2,1H3,(H,20,22). The highest BCUT2D eigenvalue weighted by atomic mass is 32.2. The molecule has 0 bridgehead atoms. The fraction of sp³-hybridized carbons (Fsp3) is 0.632. The lowest BCUT2D eigenvalue weighted by atomic mass is 9.94. The molecule has 0 spiro atoms. The summed E-state index contributed by atoms with van der Waals surface area (Å²) in [6, 6.07) is 9.07. The number of benzene rings is 1. The van der Waals surface area contributed by atoms with Gasteiger partial charge < -0.3 is 15.3 Å². The van der Waals surface area contributed by atoms with E-state index < -0.39 is 5.60 Å². The third-order valence-electron chi connectivity index (χ3n) is 5.34. The number of amides is 1. The van der Waals surface area contributed by atoms with Crippen molar-refractivity contribution in [3.63, 3.8) is 0 Å². The maximum absolute atomic E-state index is 12.1. The van der Waals surface area contributed by atoms with Gasteiger partial charge in [-0.25, -0.2) is 0 Å². The average molecular weight is 349 g/mol. The molecule has 1 unspecified atom stereocenters. The zero-order chi connectivity index (χ0) is 17.0. The SMILES string of the molecule is CN(c1ccc(CNC(=O)C2(O)CCSC2)cc1)C1CCCCC1. The second-order valence-electron chi connectivity index (χ2n) is 7.09. The fourth-order valence-electron chi connectivity index (χ4n) is 3.61. The van der Waals surface area contributed by atoms with Crippen LogP contribution in [-0.4, -0.2) is 41.2 Å². The Morgan fingerprint density at radius 2 is 2.00 bits per heavy atom. The van der Waals surface area contributed by atoms with Crippen LogP contribution in [-0.2, 0) is 11.3 Å². The summed E-state index contributed by atoms with van der Waals surface area (Å²) in [7, 11) is 2.18. The van der Waals surface area contributed by atoms with E-state index in [1.165, 1.54) is 37.8 Å². The molecule has 1 saturated carbocycles. The molecular formula is C19H28N2O2S. The Morgan fingerprint density at radius 1 is 1.29 bits per heavy atom. The Bertz CT molecular complexity index is 549. The van der Waals surface area contributed by atoms with E-state index in [1.54, 1.807) is 11.8 Å². The molecule has 1 saturated heterocycles. The number of thioether (sulfide) groups is 1. The predicted molar refractivity (Wildman–Crippen MR) is 100 cm³/mol. The van der Waals surface area contributed by atoms with Crippen LogP contribution >= 0.6 is 11.8 Å². The number of hydrogen-bond donors (Lipinski definition) is 2. The quantitative estimate of drug-likeness (QED) is 0.859. The van der Waals surface area contributed by atoms with E-state index in [2.05, 4.69) is 41.5 Å². The van der Waals surface area contributed by atoms with Gasteiger partial charge in [-0.15, -0.1) is 0 Å². The molecule has 1 aromatic rings. The average Bonchev–Trinajstić information content (AvgIpc) is 3.08. The summed E-state index contributed by atoms with van der Waals surface area (Å²) < 4.78 is 0. The fourth-order valence-corrected chi connectivity index (χ4v) is 4.85. The first kappa shape index (κ1) is 17.6. The summed E-state index contributed by atoms with van der Waals surface area (Å²) in [6.07, 6.45) is 7.15. The molecule has 3 rings (SSSR count). The Labute approximate surface area is 149 Å². The number of hydrogen-bond acceptors (Lipinski definition) is 4. The number of nitrogens with one attached hydrogen (secondary N) is 1. The molecule has 24 heavy (non-hydrogen) atoms. The molecule has 0 aromatic heterocycles. The second-order valence-corrected chi connectivity index (χ2v) is 8.19. The van der Waals surface area contributed by atoms with Gasteiger partial charge in [0.1, 0.15) is 0 Å². The van der Waals surface area contributed by atoms with Gasteiger partial charge in [-0.3, -0.25) is 4.79 Å².